The van der Waals surface area contributed by atoms with Crippen LogP contribution in [0, 0.1) is 12.7 Å². The van der Waals surface area contributed by atoms with E-state index in [4.69, 9.17) is 9.47 Å². The van der Waals surface area contributed by atoms with E-state index in [2.05, 4.69) is 4.98 Å². The first kappa shape index (κ1) is 20.8. The van der Waals surface area contributed by atoms with Gasteiger partial charge in [-0.05, 0) is 61.4 Å². The van der Waals surface area contributed by atoms with Crippen LogP contribution in [0.2, 0.25) is 0 Å². The van der Waals surface area contributed by atoms with E-state index < -0.39 is 0 Å². The van der Waals surface area contributed by atoms with Gasteiger partial charge in [0.25, 0.3) is 5.56 Å². The number of fused-ring (bicyclic) bond motifs is 1. The van der Waals surface area contributed by atoms with Gasteiger partial charge in [-0.2, -0.15) is 0 Å². The highest BCUT2D eigenvalue weighted by Gasteiger charge is 2.19. The van der Waals surface area contributed by atoms with Gasteiger partial charge in [0.15, 0.2) is 0 Å². The van der Waals surface area contributed by atoms with Gasteiger partial charge in [0.2, 0.25) is 0 Å². The van der Waals surface area contributed by atoms with Gasteiger partial charge in [0.1, 0.15) is 23.1 Å². The molecule has 5 nitrogen and oxygen atoms in total. The summed E-state index contributed by atoms with van der Waals surface area (Å²) in [4.78, 5) is 18.1. The minimum Gasteiger partial charge on any atom is -0.457 e. The quantitative estimate of drug-likeness (QED) is 0.421. The van der Waals surface area contributed by atoms with Gasteiger partial charge in [-0.25, -0.2) is 9.37 Å². The number of methoxy groups -OCH3 is 1. The van der Waals surface area contributed by atoms with Gasteiger partial charge in [-0.1, -0.05) is 30.3 Å². The lowest BCUT2D eigenvalue weighted by molar-refractivity contribution is 0.152. The Labute approximate surface area is 179 Å². The zero-order valence-corrected chi connectivity index (χ0v) is 17.4. The Balaban J connectivity index is 1.74. The number of benzene rings is 3. The first-order chi connectivity index (χ1) is 15.0. The average Bonchev–Trinajstić information content (AvgIpc) is 2.77. The minimum atomic E-state index is -0.337. The molecule has 4 rings (SSSR count). The second-order valence-corrected chi connectivity index (χ2v) is 7.37. The van der Waals surface area contributed by atoms with Crippen molar-refractivity contribution in [1.82, 2.24) is 9.55 Å². The molecule has 0 N–H and O–H groups in total. The molecule has 0 aliphatic carbocycles. The summed E-state index contributed by atoms with van der Waals surface area (Å²) in [7, 11) is 1.63. The topological polar surface area (TPSA) is 53.4 Å². The number of aromatic nitrogens is 2. The molecule has 1 heterocycles. The Morgan fingerprint density at radius 2 is 1.71 bits per heavy atom. The van der Waals surface area contributed by atoms with Crippen LogP contribution in [0.1, 0.15) is 17.4 Å². The van der Waals surface area contributed by atoms with E-state index in [0.29, 0.717) is 41.3 Å². The predicted octanol–water partition coefficient (Wildman–Crippen LogP) is 5.07. The van der Waals surface area contributed by atoms with Crippen LogP contribution in [0.15, 0.2) is 77.6 Å². The molecule has 0 unspecified atom stereocenters. The van der Waals surface area contributed by atoms with E-state index in [0.717, 1.165) is 5.56 Å². The Bertz CT molecular complexity index is 1240. The summed E-state index contributed by atoms with van der Waals surface area (Å²) in [6, 6.07) is 20.7. The third-order valence-electron chi connectivity index (χ3n) is 5.14. The van der Waals surface area contributed by atoms with Crippen molar-refractivity contribution < 1.29 is 13.9 Å². The van der Waals surface area contributed by atoms with Gasteiger partial charge >= 0.3 is 0 Å². The van der Waals surface area contributed by atoms with E-state index in [1.54, 1.807) is 42.0 Å². The van der Waals surface area contributed by atoms with Crippen LogP contribution in [0.4, 0.5) is 4.39 Å². The van der Waals surface area contributed by atoms with Gasteiger partial charge in [0.05, 0.1) is 23.6 Å². The lowest BCUT2D eigenvalue weighted by Crippen LogP contribution is -2.31. The van der Waals surface area contributed by atoms with Crippen molar-refractivity contribution in [3.05, 3.63) is 100 Å². The number of rotatable bonds is 7. The number of hydrogen-bond donors (Lipinski definition) is 0. The number of nitrogens with zero attached hydrogens (tertiary/aromatic N) is 2. The molecule has 158 valence electrons. The molecule has 6 heteroatoms. The van der Waals surface area contributed by atoms with Crippen molar-refractivity contribution in [3.63, 3.8) is 0 Å². The molecular weight excluding hydrogens is 395 g/mol. The number of ether oxygens (including phenoxy) is 2. The lowest BCUT2D eigenvalue weighted by atomic mass is 10.1. The fourth-order valence-corrected chi connectivity index (χ4v) is 3.72. The number of aryl methyl sites for hydroxylation is 1. The number of halogens is 1. The number of hydrogen-bond acceptors (Lipinski definition) is 4. The zero-order valence-electron chi connectivity index (χ0n) is 17.4. The molecule has 0 bridgehead atoms. The molecule has 0 spiro atoms. The second-order valence-electron chi connectivity index (χ2n) is 7.37. The van der Waals surface area contributed by atoms with Gasteiger partial charge in [-0.15, -0.1) is 0 Å². The van der Waals surface area contributed by atoms with E-state index >= 15 is 0 Å². The first-order valence-electron chi connectivity index (χ1n) is 10.0. The summed E-state index contributed by atoms with van der Waals surface area (Å²) in [6.07, 6.45) is 0.647. The lowest BCUT2D eigenvalue weighted by Gasteiger charge is -2.22. The highest BCUT2D eigenvalue weighted by Crippen LogP contribution is 2.25. The molecule has 0 aliphatic rings. The van der Waals surface area contributed by atoms with Crippen LogP contribution in [0.5, 0.6) is 11.5 Å². The smallest absolute Gasteiger partial charge is 0.261 e. The third-order valence-corrected chi connectivity index (χ3v) is 5.14. The molecule has 0 aliphatic heterocycles. The van der Waals surface area contributed by atoms with Crippen molar-refractivity contribution in [3.8, 4) is 11.5 Å². The maximum atomic E-state index is 13.5. The van der Waals surface area contributed by atoms with Crippen LogP contribution in [-0.2, 0) is 11.2 Å². The molecule has 1 aromatic heterocycles. The molecule has 3 aromatic carbocycles. The first-order valence-corrected chi connectivity index (χ1v) is 10.0. The molecule has 0 amide bonds. The van der Waals surface area contributed by atoms with Gasteiger partial charge in [0, 0.05) is 7.11 Å². The van der Waals surface area contributed by atoms with Crippen LogP contribution in [0.3, 0.4) is 0 Å². The summed E-state index contributed by atoms with van der Waals surface area (Å²) in [6.45, 7) is 2.21. The van der Waals surface area contributed by atoms with Crippen LogP contribution in [-0.4, -0.2) is 23.3 Å². The molecule has 1 atom stereocenters. The molecule has 0 fully saturated rings. The van der Waals surface area contributed by atoms with Gasteiger partial charge in [-0.3, -0.25) is 9.36 Å². The zero-order chi connectivity index (χ0) is 21.8. The van der Waals surface area contributed by atoms with Crippen molar-refractivity contribution in [2.45, 2.75) is 19.4 Å². The highest BCUT2D eigenvalue weighted by atomic mass is 19.1. The fourth-order valence-electron chi connectivity index (χ4n) is 3.72. The Morgan fingerprint density at radius 3 is 2.42 bits per heavy atom. The maximum absolute atomic E-state index is 13.5. The van der Waals surface area contributed by atoms with Crippen LogP contribution < -0.4 is 10.3 Å². The average molecular weight is 418 g/mol. The van der Waals surface area contributed by atoms with Crippen molar-refractivity contribution in [2.75, 3.05) is 13.7 Å². The minimum absolute atomic E-state index is 0.148. The van der Waals surface area contributed by atoms with Crippen LogP contribution in [0.25, 0.3) is 10.9 Å². The Morgan fingerprint density at radius 1 is 1.00 bits per heavy atom. The monoisotopic (exact) mass is 418 g/mol. The van der Waals surface area contributed by atoms with E-state index in [-0.39, 0.29) is 17.4 Å². The predicted molar refractivity (Wildman–Crippen MR) is 118 cm³/mol. The summed E-state index contributed by atoms with van der Waals surface area (Å²) in [5, 5.41) is 0.458. The molecular formula is C25H23FN2O3. The van der Waals surface area contributed by atoms with Crippen molar-refractivity contribution in [2.24, 2.45) is 0 Å². The van der Waals surface area contributed by atoms with Crippen LogP contribution >= 0.6 is 0 Å². The van der Waals surface area contributed by atoms with E-state index in [9.17, 15) is 9.18 Å². The summed E-state index contributed by atoms with van der Waals surface area (Å²) < 4.78 is 26.1. The summed E-state index contributed by atoms with van der Waals surface area (Å²) in [5.74, 6) is 1.26. The molecule has 4 aromatic rings. The maximum Gasteiger partial charge on any atom is 0.261 e. The third kappa shape index (κ3) is 4.64. The van der Waals surface area contributed by atoms with Crippen molar-refractivity contribution in [1.29, 1.82) is 0 Å². The van der Waals surface area contributed by atoms with E-state index in [1.165, 1.54) is 12.1 Å². The molecule has 31 heavy (non-hydrogen) atoms. The fraction of sp³-hybridized carbons (Fsp3) is 0.200. The van der Waals surface area contributed by atoms with Gasteiger partial charge < -0.3 is 9.47 Å². The second kappa shape index (κ2) is 9.10. The Hall–Kier alpha value is -3.51. The molecule has 0 radical (unpaired) electrons. The highest BCUT2D eigenvalue weighted by molar-refractivity contribution is 5.79. The molecule has 0 saturated carbocycles. The normalized spacial score (nSPS) is 12.1. The SMILES string of the molecule is COC[C@H](Cc1ccccc1)n1c(C)nc2ccc(Oc3ccc(F)cc3)cc2c1=O. The Kier molecular flexibility index (Phi) is 6.09. The van der Waals surface area contributed by atoms with Crippen molar-refractivity contribution >= 4 is 10.9 Å². The van der Waals surface area contributed by atoms with E-state index in [1.807, 2.05) is 37.3 Å². The largest absolute Gasteiger partial charge is 0.457 e. The standard InChI is InChI=1S/C25H23FN2O3/c1-17-27-24-13-12-22(31-21-10-8-19(26)9-11-21)15-23(24)25(29)28(17)20(16-30-2)14-18-6-4-3-5-7-18/h3-13,15,20H,14,16H2,1-2H3/t20-/m0/s1. The molecule has 0 saturated heterocycles. The summed E-state index contributed by atoms with van der Waals surface area (Å²) >= 11 is 0. The summed E-state index contributed by atoms with van der Waals surface area (Å²) in [5.41, 5.74) is 1.57.